The van der Waals surface area contributed by atoms with Crippen molar-refractivity contribution in [1.82, 2.24) is 14.5 Å². The van der Waals surface area contributed by atoms with Crippen LogP contribution in [0.15, 0.2) is 251 Å². The van der Waals surface area contributed by atoms with Crippen molar-refractivity contribution in [2.45, 2.75) is 6.17 Å². The van der Waals surface area contributed by atoms with Gasteiger partial charge in [0.1, 0.15) is 23.2 Å². The van der Waals surface area contributed by atoms with E-state index in [0.717, 1.165) is 99.8 Å². The normalized spacial score (nSPS) is 14.1. The van der Waals surface area contributed by atoms with E-state index < -0.39 is 6.17 Å². The number of para-hydroxylation sites is 4. The van der Waals surface area contributed by atoms with Crippen molar-refractivity contribution < 1.29 is 4.42 Å². The van der Waals surface area contributed by atoms with Gasteiger partial charge >= 0.3 is 0 Å². The number of furan rings is 1. The Kier molecular flexibility index (Phi) is 8.62. The first-order chi connectivity index (χ1) is 35.2. The Labute approximate surface area is 407 Å². The van der Waals surface area contributed by atoms with E-state index in [1.165, 1.54) is 32.3 Å². The SMILES string of the molecule is c1ccc(C2N=C(c3ccc(-n4c5ccccc5c5cc6ccccc6cc54)cc3-c3cc4ccccc4c4oc5ccccc5c34)N=C(c3ccc4c5ccccc5n(-c5ccccc5)c4c3)N2)cc1. The molecule has 14 aromatic rings. The number of hydrogen-bond donors (Lipinski definition) is 1. The Morgan fingerprint density at radius 1 is 0.394 bits per heavy atom. The van der Waals surface area contributed by atoms with E-state index in [1.54, 1.807) is 0 Å². The first-order valence-corrected chi connectivity index (χ1v) is 24.2. The summed E-state index contributed by atoms with van der Waals surface area (Å²) in [6.45, 7) is 0. The minimum Gasteiger partial charge on any atom is -0.455 e. The van der Waals surface area contributed by atoms with Gasteiger partial charge in [-0.15, -0.1) is 0 Å². The Morgan fingerprint density at radius 3 is 1.79 bits per heavy atom. The van der Waals surface area contributed by atoms with Crippen LogP contribution in [-0.4, -0.2) is 20.8 Å². The van der Waals surface area contributed by atoms with Crippen LogP contribution in [0.2, 0.25) is 0 Å². The zero-order valence-electron chi connectivity index (χ0n) is 38.3. The van der Waals surface area contributed by atoms with E-state index in [4.69, 9.17) is 14.4 Å². The molecule has 3 aromatic heterocycles. The largest absolute Gasteiger partial charge is 0.455 e. The lowest BCUT2D eigenvalue weighted by molar-refractivity contribution is 0.672. The molecule has 6 heteroatoms. The summed E-state index contributed by atoms with van der Waals surface area (Å²) in [5.41, 5.74) is 13.4. The number of hydrogen-bond acceptors (Lipinski definition) is 4. The molecular formula is C65H41N5O. The van der Waals surface area contributed by atoms with Crippen LogP contribution in [0, 0.1) is 0 Å². The quantitative estimate of drug-likeness (QED) is 0.181. The predicted octanol–water partition coefficient (Wildman–Crippen LogP) is 16.2. The van der Waals surface area contributed by atoms with Crippen LogP contribution in [0.3, 0.4) is 0 Å². The topological polar surface area (TPSA) is 59.8 Å². The van der Waals surface area contributed by atoms with Crippen molar-refractivity contribution in [2.24, 2.45) is 9.98 Å². The molecule has 0 fully saturated rings. The summed E-state index contributed by atoms with van der Waals surface area (Å²) in [5.74, 6) is 1.39. The van der Waals surface area contributed by atoms with Gasteiger partial charge < -0.3 is 18.9 Å². The molecule has 0 saturated carbocycles. The van der Waals surface area contributed by atoms with E-state index in [-0.39, 0.29) is 0 Å². The van der Waals surface area contributed by atoms with E-state index in [1.807, 2.05) is 6.07 Å². The molecular weight excluding hydrogens is 867 g/mol. The van der Waals surface area contributed by atoms with Crippen LogP contribution in [-0.2, 0) is 0 Å². The molecule has 11 aromatic carbocycles. The van der Waals surface area contributed by atoms with Crippen LogP contribution in [0.25, 0.3) is 110 Å². The maximum Gasteiger partial charge on any atom is 0.160 e. The van der Waals surface area contributed by atoms with Crippen molar-refractivity contribution in [1.29, 1.82) is 0 Å². The highest BCUT2D eigenvalue weighted by atomic mass is 16.3. The number of nitrogens with one attached hydrogen (secondary N) is 1. The van der Waals surface area contributed by atoms with E-state index in [0.29, 0.717) is 5.84 Å². The van der Waals surface area contributed by atoms with Crippen molar-refractivity contribution in [3.05, 3.63) is 253 Å². The summed E-state index contributed by atoms with van der Waals surface area (Å²) in [7, 11) is 0. The lowest BCUT2D eigenvalue weighted by Gasteiger charge is -2.25. The number of rotatable bonds is 6. The molecule has 0 radical (unpaired) electrons. The fraction of sp³-hybridized carbons (Fsp3) is 0.0154. The molecule has 4 heterocycles. The molecule has 1 N–H and O–H groups in total. The summed E-state index contributed by atoms with van der Waals surface area (Å²) >= 11 is 0. The Hall–Kier alpha value is -9.52. The van der Waals surface area contributed by atoms with Crippen LogP contribution in [0.5, 0.6) is 0 Å². The summed E-state index contributed by atoms with van der Waals surface area (Å²) in [5, 5.41) is 15.3. The van der Waals surface area contributed by atoms with E-state index in [9.17, 15) is 0 Å². The summed E-state index contributed by atoms with van der Waals surface area (Å²) < 4.78 is 11.6. The molecule has 0 spiro atoms. The number of amidine groups is 2. The van der Waals surface area contributed by atoms with Crippen molar-refractivity contribution in [3.63, 3.8) is 0 Å². The highest BCUT2D eigenvalue weighted by molar-refractivity contribution is 6.24. The molecule has 1 unspecified atom stereocenters. The molecule has 0 amide bonds. The molecule has 0 saturated heterocycles. The average Bonchev–Trinajstić information content (AvgIpc) is 4.10. The average molecular weight is 908 g/mol. The fourth-order valence-corrected chi connectivity index (χ4v) is 11.3. The van der Waals surface area contributed by atoms with Crippen molar-refractivity contribution in [2.75, 3.05) is 0 Å². The van der Waals surface area contributed by atoms with Gasteiger partial charge in [-0.1, -0.05) is 164 Å². The molecule has 71 heavy (non-hydrogen) atoms. The number of nitrogens with zero attached hydrogens (tertiary/aromatic N) is 4. The summed E-state index contributed by atoms with van der Waals surface area (Å²) in [4.78, 5) is 11.1. The molecule has 1 aliphatic rings. The zero-order chi connectivity index (χ0) is 46.6. The lowest BCUT2D eigenvalue weighted by atomic mass is 9.91. The first-order valence-electron chi connectivity index (χ1n) is 24.2. The third-order valence-corrected chi connectivity index (χ3v) is 14.5. The van der Waals surface area contributed by atoms with Crippen molar-refractivity contribution in [3.8, 4) is 22.5 Å². The van der Waals surface area contributed by atoms with Crippen LogP contribution < -0.4 is 5.32 Å². The van der Waals surface area contributed by atoms with Gasteiger partial charge in [-0.2, -0.15) is 0 Å². The van der Waals surface area contributed by atoms with Gasteiger partial charge in [-0.05, 0) is 106 Å². The van der Waals surface area contributed by atoms with Crippen LogP contribution in [0.4, 0.5) is 0 Å². The van der Waals surface area contributed by atoms with Gasteiger partial charge in [0.15, 0.2) is 5.84 Å². The molecule has 332 valence electrons. The zero-order valence-corrected chi connectivity index (χ0v) is 38.3. The first kappa shape index (κ1) is 39.5. The Balaban J connectivity index is 1.02. The maximum absolute atomic E-state index is 6.85. The summed E-state index contributed by atoms with van der Waals surface area (Å²) in [6.07, 6.45) is -0.418. The Morgan fingerprint density at radius 2 is 1.00 bits per heavy atom. The third kappa shape index (κ3) is 6.14. The van der Waals surface area contributed by atoms with Crippen LogP contribution >= 0.6 is 0 Å². The fourth-order valence-electron chi connectivity index (χ4n) is 11.3. The Bertz CT molecular complexity index is 4560. The number of benzene rings is 11. The van der Waals surface area contributed by atoms with Gasteiger partial charge in [0.25, 0.3) is 0 Å². The van der Waals surface area contributed by atoms with Gasteiger partial charge in [0, 0.05) is 60.2 Å². The minimum absolute atomic E-state index is 0.418. The molecule has 1 atom stereocenters. The van der Waals surface area contributed by atoms with Gasteiger partial charge in [-0.25, -0.2) is 9.98 Å². The second-order valence-electron chi connectivity index (χ2n) is 18.5. The maximum atomic E-state index is 6.85. The van der Waals surface area contributed by atoms with Gasteiger partial charge in [0.05, 0.1) is 22.1 Å². The van der Waals surface area contributed by atoms with Crippen molar-refractivity contribution >= 4 is 98.8 Å². The molecule has 15 rings (SSSR count). The number of aliphatic imine (C=N–C) groups is 2. The second-order valence-corrected chi connectivity index (χ2v) is 18.5. The summed E-state index contributed by atoms with van der Waals surface area (Å²) in [6, 6.07) is 84.6. The van der Waals surface area contributed by atoms with E-state index in [2.05, 4.69) is 245 Å². The standard InChI is InChI=1S/C65H41N5O/c1-3-17-40(18-4-1)63-66-64(44-31-33-50-48-25-11-14-28-56(48)69(58(50)38-44)45-22-5-2-6-23-45)68-65(67-63)51-34-32-46(70-57-29-15-12-26-49(57)54-35-41-19-7-8-20-42(41)37-59(54)70)39-53(51)55-36-43-21-9-10-24-47(43)62-61(55)52-27-13-16-30-60(52)71-62/h1-39,63H,(H,66,67,68). The van der Waals surface area contributed by atoms with Crippen LogP contribution in [0.1, 0.15) is 22.9 Å². The monoisotopic (exact) mass is 907 g/mol. The predicted molar refractivity (Wildman–Crippen MR) is 295 cm³/mol. The molecule has 0 bridgehead atoms. The number of fused-ring (bicyclic) bond motifs is 12. The molecule has 6 nitrogen and oxygen atoms in total. The smallest absolute Gasteiger partial charge is 0.160 e. The minimum atomic E-state index is -0.418. The molecule has 1 aliphatic heterocycles. The van der Waals surface area contributed by atoms with E-state index >= 15 is 0 Å². The lowest BCUT2D eigenvalue weighted by Crippen LogP contribution is -2.33. The van der Waals surface area contributed by atoms with Gasteiger partial charge in [0.2, 0.25) is 0 Å². The second kappa shape index (κ2) is 15.5. The molecule has 0 aliphatic carbocycles. The third-order valence-electron chi connectivity index (χ3n) is 14.5. The number of aromatic nitrogens is 2. The highest BCUT2D eigenvalue weighted by Gasteiger charge is 2.27. The highest BCUT2D eigenvalue weighted by Crippen LogP contribution is 2.44. The van der Waals surface area contributed by atoms with Gasteiger partial charge in [-0.3, -0.25) is 0 Å².